The van der Waals surface area contributed by atoms with Crippen LogP contribution in [-0.4, -0.2) is 11.2 Å². The monoisotopic (exact) mass is 228 g/mol. The van der Waals surface area contributed by atoms with Crippen LogP contribution in [0.5, 0.6) is 0 Å². The first-order valence-corrected chi connectivity index (χ1v) is 7.34. The van der Waals surface area contributed by atoms with Crippen LogP contribution in [0.3, 0.4) is 0 Å². The van der Waals surface area contributed by atoms with Crippen molar-refractivity contribution in [2.75, 3.05) is 0 Å². The van der Waals surface area contributed by atoms with Crippen molar-refractivity contribution in [3.63, 3.8) is 0 Å². The standard InChI is InChI=1S/C15H32O/c1-5-9-11-13-15(8-4,12-10-6-2)14(16)7-3/h14,16H,5-13H2,1-4H3. The van der Waals surface area contributed by atoms with Crippen LogP contribution in [0.4, 0.5) is 0 Å². The van der Waals surface area contributed by atoms with Crippen molar-refractivity contribution in [3.05, 3.63) is 0 Å². The molecule has 0 saturated heterocycles. The molecule has 0 aromatic carbocycles. The van der Waals surface area contributed by atoms with Gasteiger partial charge in [-0.25, -0.2) is 0 Å². The van der Waals surface area contributed by atoms with Crippen LogP contribution in [0.25, 0.3) is 0 Å². The van der Waals surface area contributed by atoms with Gasteiger partial charge in [-0.1, -0.05) is 59.8 Å². The second-order valence-electron chi connectivity index (χ2n) is 5.20. The van der Waals surface area contributed by atoms with E-state index in [9.17, 15) is 5.11 Å². The third-order valence-corrected chi connectivity index (χ3v) is 4.10. The van der Waals surface area contributed by atoms with E-state index in [2.05, 4.69) is 27.7 Å². The minimum Gasteiger partial charge on any atom is -0.393 e. The Kier molecular flexibility index (Phi) is 9.02. The van der Waals surface area contributed by atoms with E-state index in [1.807, 2.05) is 0 Å². The molecule has 2 atom stereocenters. The molecule has 1 nitrogen and oxygen atoms in total. The van der Waals surface area contributed by atoms with Gasteiger partial charge in [-0.2, -0.15) is 0 Å². The Morgan fingerprint density at radius 1 is 0.875 bits per heavy atom. The molecule has 0 rings (SSSR count). The molecule has 0 saturated carbocycles. The summed E-state index contributed by atoms with van der Waals surface area (Å²) in [5.74, 6) is 0. The molecule has 0 aliphatic carbocycles. The molecule has 2 unspecified atom stereocenters. The van der Waals surface area contributed by atoms with Crippen molar-refractivity contribution in [2.45, 2.75) is 91.6 Å². The minimum absolute atomic E-state index is 0.0964. The highest BCUT2D eigenvalue weighted by Crippen LogP contribution is 2.39. The van der Waals surface area contributed by atoms with Crippen molar-refractivity contribution in [1.82, 2.24) is 0 Å². The molecule has 0 radical (unpaired) electrons. The molecule has 0 aliphatic rings. The highest BCUT2D eigenvalue weighted by atomic mass is 16.3. The first-order chi connectivity index (χ1) is 7.66. The summed E-state index contributed by atoms with van der Waals surface area (Å²) in [6.07, 6.45) is 10.7. The van der Waals surface area contributed by atoms with Gasteiger partial charge in [0.25, 0.3) is 0 Å². The fraction of sp³-hybridized carbons (Fsp3) is 1.00. The smallest absolute Gasteiger partial charge is 0.0593 e. The molecule has 0 heterocycles. The molecule has 0 bridgehead atoms. The maximum atomic E-state index is 10.3. The van der Waals surface area contributed by atoms with Crippen molar-refractivity contribution in [2.24, 2.45) is 5.41 Å². The van der Waals surface area contributed by atoms with Crippen LogP contribution in [0.2, 0.25) is 0 Å². The zero-order chi connectivity index (χ0) is 12.4. The predicted molar refractivity (Wildman–Crippen MR) is 72.7 cm³/mol. The van der Waals surface area contributed by atoms with Crippen molar-refractivity contribution >= 4 is 0 Å². The van der Waals surface area contributed by atoms with Crippen molar-refractivity contribution < 1.29 is 5.11 Å². The number of rotatable bonds is 10. The lowest BCUT2D eigenvalue weighted by molar-refractivity contribution is 0.00141. The van der Waals surface area contributed by atoms with Crippen molar-refractivity contribution in [1.29, 1.82) is 0 Å². The molecule has 0 amide bonds. The zero-order valence-electron chi connectivity index (χ0n) is 11.9. The largest absolute Gasteiger partial charge is 0.393 e. The number of aliphatic hydroxyl groups is 1. The van der Waals surface area contributed by atoms with E-state index in [1.54, 1.807) is 0 Å². The van der Waals surface area contributed by atoms with E-state index in [-0.39, 0.29) is 11.5 Å². The fourth-order valence-electron chi connectivity index (χ4n) is 2.74. The van der Waals surface area contributed by atoms with E-state index in [0.29, 0.717) is 0 Å². The lowest BCUT2D eigenvalue weighted by Crippen LogP contribution is -2.34. The number of unbranched alkanes of at least 4 members (excludes halogenated alkanes) is 3. The number of aliphatic hydroxyl groups excluding tert-OH is 1. The molecule has 0 aliphatic heterocycles. The van der Waals surface area contributed by atoms with Crippen LogP contribution < -0.4 is 0 Å². The maximum absolute atomic E-state index is 10.3. The van der Waals surface area contributed by atoms with Crippen LogP contribution in [0.15, 0.2) is 0 Å². The Hall–Kier alpha value is -0.0400. The van der Waals surface area contributed by atoms with Gasteiger partial charge in [0.2, 0.25) is 0 Å². The summed E-state index contributed by atoms with van der Waals surface area (Å²) in [5.41, 5.74) is 0.208. The van der Waals surface area contributed by atoms with Gasteiger partial charge in [-0.3, -0.25) is 0 Å². The summed E-state index contributed by atoms with van der Waals surface area (Å²) in [6.45, 7) is 8.85. The quantitative estimate of drug-likeness (QED) is 0.526. The molecule has 1 N–H and O–H groups in total. The molecular weight excluding hydrogens is 196 g/mol. The van der Waals surface area contributed by atoms with E-state index in [0.717, 1.165) is 12.8 Å². The minimum atomic E-state index is -0.0964. The third-order valence-electron chi connectivity index (χ3n) is 4.10. The van der Waals surface area contributed by atoms with Gasteiger partial charge in [0, 0.05) is 0 Å². The summed E-state index contributed by atoms with van der Waals surface area (Å²) in [6, 6.07) is 0. The molecule has 0 aromatic rings. The Bertz CT molecular complexity index is 156. The highest BCUT2D eigenvalue weighted by Gasteiger charge is 2.33. The normalized spacial score (nSPS) is 17.1. The topological polar surface area (TPSA) is 20.2 Å². The number of hydrogen-bond acceptors (Lipinski definition) is 1. The average Bonchev–Trinajstić information content (AvgIpc) is 2.33. The molecule has 0 spiro atoms. The first kappa shape index (κ1) is 16.0. The van der Waals surface area contributed by atoms with E-state index >= 15 is 0 Å². The fourth-order valence-corrected chi connectivity index (χ4v) is 2.74. The van der Waals surface area contributed by atoms with E-state index in [4.69, 9.17) is 0 Å². The average molecular weight is 228 g/mol. The Morgan fingerprint density at radius 3 is 1.88 bits per heavy atom. The van der Waals surface area contributed by atoms with Crippen LogP contribution >= 0.6 is 0 Å². The number of hydrogen-bond donors (Lipinski definition) is 1. The first-order valence-electron chi connectivity index (χ1n) is 7.34. The third kappa shape index (κ3) is 4.86. The van der Waals surface area contributed by atoms with Crippen molar-refractivity contribution in [3.8, 4) is 0 Å². The molecule has 16 heavy (non-hydrogen) atoms. The molecule has 0 fully saturated rings. The Labute approximate surface area is 103 Å². The summed E-state index contributed by atoms with van der Waals surface area (Å²) >= 11 is 0. The van der Waals surface area contributed by atoms with E-state index in [1.165, 1.54) is 44.9 Å². The second kappa shape index (κ2) is 9.04. The van der Waals surface area contributed by atoms with Crippen LogP contribution in [-0.2, 0) is 0 Å². The lowest BCUT2D eigenvalue weighted by atomic mass is 9.71. The van der Waals surface area contributed by atoms with Gasteiger partial charge in [0.1, 0.15) is 0 Å². The highest BCUT2D eigenvalue weighted by molar-refractivity contribution is 4.84. The maximum Gasteiger partial charge on any atom is 0.0593 e. The van der Waals surface area contributed by atoms with Crippen LogP contribution in [0.1, 0.15) is 85.5 Å². The summed E-state index contributed by atoms with van der Waals surface area (Å²) in [5, 5.41) is 10.3. The summed E-state index contributed by atoms with van der Waals surface area (Å²) in [7, 11) is 0. The lowest BCUT2D eigenvalue weighted by Gasteiger charge is -2.37. The van der Waals surface area contributed by atoms with Gasteiger partial charge >= 0.3 is 0 Å². The van der Waals surface area contributed by atoms with Crippen LogP contribution in [0, 0.1) is 5.41 Å². The predicted octanol–water partition coefficient (Wildman–Crippen LogP) is 4.92. The van der Waals surface area contributed by atoms with E-state index < -0.39 is 0 Å². The zero-order valence-corrected chi connectivity index (χ0v) is 11.9. The molecular formula is C15H32O. The second-order valence-corrected chi connectivity index (χ2v) is 5.20. The Balaban J connectivity index is 4.40. The molecule has 0 aromatic heterocycles. The summed E-state index contributed by atoms with van der Waals surface area (Å²) in [4.78, 5) is 0. The summed E-state index contributed by atoms with van der Waals surface area (Å²) < 4.78 is 0. The van der Waals surface area contributed by atoms with Gasteiger partial charge < -0.3 is 5.11 Å². The van der Waals surface area contributed by atoms with Gasteiger partial charge in [0.05, 0.1) is 6.10 Å². The van der Waals surface area contributed by atoms with Gasteiger partial charge in [-0.05, 0) is 31.1 Å². The van der Waals surface area contributed by atoms with Gasteiger partial charge in [0.15, 0.2) is 0 Å². The Morgan fingerprint density at radius 2 is 1.44 bits per heavy atom. The molecule has 1 heteroatoms. The SMILES string of the molecule is CCCCCC(CC)(CCCC)C(O)CC. The molecule has 98 valence electrons. The van der Waals surface area contributed by atoms with Gasteiger partial charge in [-0.15, -0.1) is 0 Å².